The molecule has 0 bridgehead atoms. The Labute approximate surface area is 206 Å². The van der Waals surface area contributed by atoms with Crippen molar-refractivity contribution >= 4 is 39.2 Å². The molecule has 0 atom stereocenters. The molecule has 3 heterocycles. The SMILES string of the molecule is Cc1cc(=O)n(CCC(=O)Nc2sc3c(c2C(N)=O)CCCC3)c2c1c(C)nn2-c1ccccc1. The lowest BCUT2D eigenvalue weighted by Gasteiger charge is -2.13. The van der Waals surface area contributed by atoms with Crippen molar-refractivity contribution in [1.82, 2.24) is 14.3 Å². The summed E-state index contributed by atoms with van der Waals surface area (Å²) in [6.45, 7) is 3.99. The highest BCUT2D eigenvalue weighted by Gasteiger charge is 2.25. The molecule has 2 amide bonds. The van der Waals surface area contributed by atoms with Crippen LogP contribution in [-0.4, -0.2) is 26.2 Å². The van der Waals surface area contributed by atoms with Gasteiger partial charge in [-0.3, -0.25) is 19.0 Å². The number of carbonyl (C=O) groups is 2. The number of fused-ring (bicyclic) bond motifs is 2. The summed E-state index contributed by atoms with van der Waals surface area (Å²) in [7, 11) is 0. The zero-order chi connectivity index (χ0) is 24.7. The number of para-hydroxylation sites is 1. The van der Waals surface area contributed by atoms with Gasteiger partial charge >= 0.3 is 0 Å². The second-order valence-electron chi connectivity index (χ2n) is 8.93. The minimum Gasteiger partial charge on any atom is -0.365 e. The highest BCUT2D eigenvalue weighted by Crippen LogP contribution is 2.38. The van der Waals surface area contributed by atoms with E-state index in [0.717, 1.165) is 58.5 Å². The van der Waals surface area contributed by atoms with Crippen molar-refractivity contribution in [2.75, 3.05) is 5.32 Å². The maximum absolute atomic E-state index is 13.0. The Balaban J connectivity index is 1.46. The van der Waals surface area contributed by atoms with E-state index in [1.54, 1.807) is 15.3 Å². The van der Waals surface area contributed by atoms with Gasteiger partial charge in [-0.1, -0.05) is 18.2 Å². The van der Waals surface area contributed by atoms with E-state index in [-0.39, 0.29) is 24.4 Å². The molecule has 4 aromatic rings. The van der Waals surface area contributed by atoms with Gasteiger partial charge in [-0.2, -0.15) is 5.10 Å². The maximum Gasteiger partial charge on any atom is 0.252 e. The maximum atomic E-state index is 13.0. The first kappa shape index (κ1) is 23.0. The molecule has 180 valence electrons. The number of thiophene rings is 1. The minimum absolute atomic E-state index is 0.0673. The normalized spacial score (nSPS) is 13.1. The van der Waals surface area contributed by atoms with Crippen LogP contribution in [0.5, 0.6) is 0 Å². The molecule has 5 rings (SSSR count). The summed E-state index contributed by atoms with van der Waals surface area (Å²) in [5.74, 6) is -0.785. The number of amides is 2. The average molecular weight is 490 g/mol. The van der Waals surface area contributed by atoms with Gasteiger partial charge in [-0.25, -0.2) is 4.68 Å². The largest absolute Gasteiger partial charge is 0.365 e. The van der Waals surface area contributed by atoms with E-state index in [2.05, 4.69) is 5.32 Å². The zero-order valence-corrected chi connectivity index (χ0v) is 20.6. The van der Waals surface area contributed by atoms with Crippen molar-refractivity contribution in [2.45, 2.75) is 52.5 Å². The predicted octanol–water partition coefficient (Wildman–Crippen LogP) is 3.87. The van der Waals surface area contributed by atoms with E-state index in [1.165, 1.54) is 11.3 Å². The number of primary amides is 1. The van der Waals surface area contributed by atoms with E-state index in [0.29, 0.717) is 16.2 Å². The number of hydrogen-bond acceptors (Lipinski definition) is 5. The Morgan fingerprint density at radius 3 is 2.63 bits per heavy atom. The summed E-state index contributed by atoms with van der Waals surface area (Å²) in [5.41, 5.74) is 10.0. The van der Waals surface area contributed by atoms with Crippen molar-refractivity contribution in [3.63, 3.8) is 0 Å². The number of benzene rings is 1. The van der Waals surface area contributed by atoms with Crippen LogP contribution in [0, 0.1) is 13.8 Å². The van der Waals surface area contributed by atoms with Crippen LogP contribution in [0.3, 0.4) is 0 Å². The fourth-order valence-corrected chi connectivity index (χ4v) is 6.26. The van der Waals surface area contributed by atoms with Crippen LogP contribution in [-0.2, 0) is 24.2 Å². The summed E-state index contributed by atoms with van der Waals surface area (Å²) in [4.78, 5) is 39.2. The molecule has 1 aliphatic rings. The van der Waals surface area contributed by atoms with Crippen LogP contribution >= 0.6 is 11.3 Å². The first-order valence-electron chi connectivity index (χ1n) is 11.7. The van der Waals surface area contributed by atoms with Crippen LogP contribution in [0.1, 0.15) is 51.3 Å². The molecular formula is C26H27N5O3S. The Kier molecular flexibility index (Phi) is 6.02. The lowest BCUT2D eigenvalue weighted by atomic mass is 9.95. The van der Waals surface area contributed by atoms with Crippen LogP contribution < -0.4 is 16.6 Å². The first-order valence-corrected chi connectivity index (χ1v) is 12.6. The summed E-state index contributed by atoms with van der Waals surface area (Å²) in [6.07, 6.45) is 3.85. The number of carbonyl (C=O) groups excluding carboxylic acids is 2. The summed E-state index contributed by atoms with van der Waals surface area (Å²) >= 11 is 1.44. The van der Waals surface area contributed by atoms with Gasteiger partial charge in [-0.15, -0.1) is 11.3 Å². The predicted molar refractivity (Wildman–Crippen MR) is 138 cm³/mol. The topological polar surface area (TPSA) is 112 Å². The first-order chi connectivity index (χ1) is 16.8. The van der Waals surface area contributed by atoms with Gasteiger partial charge in [0.25, 0.3) is 11.5 Å². The molecule has 0 fully saturated rings. The third-order valence-corrected chi connectivity index (χ3v) is 7.73. The quantitative estimate of drug-likeness (QED) is 0.428. The molecule has 35 heavy (non-hydrogen) atoms. The minimum atomic E-state index is -0.515. The van der Waals surface area contributed by atoms with Gasteiger partial charge < -0.3 is 11.1 Å². The molecule has 0 aliphatic heterocycles. The Morgan fingerprint density at radius 2 is 1.89 bits per heavy atom. The number of nitrogens with two attached hydrogens (primary N) is 1. The van der Waals surface area contributed by atoms with Gasteiger partial charge in [-0.05, 0) is 62.8 Å². The van der Waals surface area contributed by atoms with E-state index in [1.807, 2.05) is 44.2 Å². The highest BCUT2D eigenvalue weighted by molar-refractivity contribution is 7.17. The molecule has 9 heteroatoms. The fraction of sp³-hybridized carbons (Fsp3) is 0.308. The van der Waals surface area contributed by atoms with Gasteiger partial charge in [0.2, 0.25) is 5.91 Å². The number of pyridine rings is 1. The molecule has 0 saturated heterocycles. The van der Waals surface area contributed by atoms with Crippen molar-refractivity contribution in [2.24, 2.45) is 5.73 Å². The summed E-state index contributed by atoms with van der Waals surface area (Å²) < 4.78 is 3.36. The molecule has 0 saturated carbocycles. The van der Waals surface area contributed by atoms with E-state index in [4.69, 9.17) is 10.8 Å². The van der Waals surface area contributed by atoms with Crippen LogP contribution in [0.4, 0.5) is 5.00 Å². The van der Waals surface area contributed by atoms with E-state index in [9.17, 15) is 14.4 Å². The number of aryl methyl sites for hydroxylation is 4. The van der Waals surface area contributed by atoms with Crippen molar-refractivity contribution in [1.29, 1.82) is 0 Å². The number of anilines is 1. The van der Waals surface area contributed by atoms with E-state index >= 15 is 0 Å². The monoisotopic (exact) mass is 489 g/mol. The molecule has 0 unspecified atom stereocenters. The second kappa shape index (κ2) is 9.14. The molecule has 1 aromatic carbocycles. The average Bonchev–Trinajstić information content (AvgIpc) is 3.37. The number of aromatic nitrogens is 3. The van der Waals surface area contributed by atoms with Gasteiger partial charge in [0.15, 0.2) is 0 Å². The third kappa shape index (κ3) is 4.16. The summed E-state index contributed by atoms with van der Waals surface area (Å²) in [5, 5.41) is 9.00. The lowest BCUT2D eigenvalue weighted by molar-refractivity contribution is -0.116. The summed E-state index contributed by atoms with van der Waals surface area (Å²) in [6, 6.07) is 11.2. The Hall–Kier alpha value is -3.72. The number of rotatable bonds is 6. The molecule has 0 radical (unpaired) electrons. The van der Waals surface area contributed by atoms with Gasteiger partial charge in [0.05, 0.1) is 16.9 Å². The number of nitrogens with zero attached hydrogens (tertiary/aromatic N) is 3. The molecule has 1 aliphatic carbocycles. The Bertz CT molecular complexity index is 1510. The van der Waals surface area contributed by atoms with Crippen molar-refractivity contribution in [3.8, 4) is 5.69 Å². The zero-order valence-electron chi connectivity index (χ0n) is 19.8. The van der Waals surface area contributed by atoms with Crippen molar-refractivity contribution in [3.05, 3.63) is 74.0 Å². The smallest absolute Gasteiger partial charge is 0.252 e. The lowest BCUT2D eigenvalue weighted by Crippen LogP contribution is -2.25. The highest BCUT2D eigenvalue weighted by atomic mass is 32.1. The van der Waals surface area contributed by atoms with E-state index < -0.39 is 5.91 Å². The fourth-order valence-electron chi connectivity index (χ4n) is 4.95. The molecule has 0 spiro atoms. The molecular weight excluding hydrogens is 462 g/mol. The second-order valence-corrected chi connectivity index (χ2v) is 10.0. The van der Waals surface area contributed by atoms with Crippen LogP contribution in [0.2, 0.25) is 0 Å². The molecule has 3 aromatic heterocycles. The van der Waals surface area contributed by atoms with Crippen LogP contribution in [0.15, 0.2) is 41.2 Å². The molecule has 3 N–H and O–H groups in total. The van der Waals surface area contributed by atoms with Gasteiger partial charge in [0, 0.05) is 29.3 Å². The Morgan fingerprint density at radius 1 is 1.14 bits per heavy atom. The van der Waals surface area contributed by atoms with Gasteiger partial charge in [0.1, 0.15) is 10.6 Å². The molecule has 8 nitrogen and oxygen atoms in total. The van der Waals surface area contributed by atoms with Crippen molar-refractivity contribution < 1.29 is 9.59 Å². The number of hydrogen-bond donors (Lipinski definition) is 2. The third-order valence-electron chi connectivity index (χ3n) is 6.53. The van der Waals surface area contributed by atoms with Crippen LogP contribution in [0.25, 0.3) is 16.7 Å². The standard InChI is InChI=1S/C26H27N5O3S/c1-15-14-21(33)30(26-22(15)16(2)29-31(26)17-8-4-3-5-9-17)13-12-20(32)28-25-23(24(27)34)18-10-6-7-11-19(18)35-25/h3-5,8-9,14H,6-7,10-13H2,1-2H3,(H2,27,34)(H,28,32). The number of nitrogens with one attached hydrogen (secondary N) is 1.